The minimum absolute atomic E-state index is 0.143. The Kier molecular flexibility index (Phi) is 6.26. The van der Waals surface area contributed by atoms with E-state index in [1.807, 2.05) is 30.3 Å². The molecule has 0 spiro atoms. The van der Waals surface area contributed by atoms with E-state index >= 15 is 0 Å². The molecule has 0 radical (unpaired) electrons. The van der Waals surface area contributed by atoms with Crippen LogP contribution in [-0.2, 0) is 10.5 Å². The first kappa shape index (κ1) is 21.8. The van der Waals surface area contributed by atoms with Crippen LogP contribution in [0.1, 0.15) is 75.3 Å². The molecule has 2 aromatic rings. The van der Waals surface area contributed by atoms with E-state index in [4.69, 9.17) is 0 Å². The summed E-state index contributed by atoms with van der Waals surface area (Å²) < 4.78 is 0. The Morgan fingerprint density at radius 1 is 0.909 bits per heavy atom. The summed E-state index contributed by atoms with van der Waals surface area (Å²) in [5, 5.41) is 20.6. The number of hydrogen-bond acceptors (Lipinski definition) is 4. The zero-order chi connectivity index (χ0) is 22.7. The Labute approximate surface area is 197 Å². The summed E-state index contributed by atoms with van der Waals surface area (Å²) in [6.45, 7) is 0. The summed E-state index contributed by atoms with van der Waals surface area (Å²) in [6, 6.07) is 18.5. The molecule has 5 rings (SSSR count). The van der Waals surface area contributed by atoms with Crippen LogP contribution >= 0.6 is 0 Å². The van der Waals surface area contributed by atoms with Gasteiger partial charge in [0.05, 0.1) is 28.9 Å². The monoisotopic (exact) mass is 442 g/mol. The van der Waals surface area contributed by atoms with Crippen LogP contribution in [0.5, 0.6) is 0 Å². The Bertz CT molecular complexity index is 1010. The largest absolute Gasteiger partial charge is 0.357 e. The smallest absolute Gasteiger partial charge is 0.228 e. The summed E-state index contributed by atoms with van der Waals surface area (Å²) >= 11 is 0. The minimum atomic E-state index is -0.780. The molecule has 5 heteroatoms. The van der Waals surface area contributed by atoms with Gasteiger partial charge in [-0.15, -0.1) is 0 Å². The molecule has 2 saturated carbocycles. The third-order valence-corrected chi connectivity index (χ3v) is 7.86. The van der Waals surface area contributed by atoms with Gasteiger partial charge in [0.15, 0.2) is 0 Å². The molecule has 3 aliphatic rings. The van der Waals surface area contributed by atoms with Gasteiger partial charge in [0, 0.05) is 6.04 Å². The molecule has 1 unspecified atom stereocenters. The molecular formula is C28H34N4O. The number of rotatable bonds is 5. The number of fused-ring (bicyclic) bond motifs is 1. The zero-order valence-corrected chi connectivity index (χ0v) is 19.3. The molecule has 0 aromatic heterocycles. The number of nitriles is 1. The van der Waals surface area contributed by atoms with Crippen molar-refractivity contribution in [3.8, 4) is 6.07 Å². The van der Waals surface area contributed by atoms with Gasteiger partial charge in [-0.25, -0.2) is 0 Å². The molecular weight excluding hydrogens is 408 g/mol. The predicted octanol–water partition coefficient (Wildman–Crippen LogP) is 5.89. The number of nitrogens with zero attached hydrogens (tertiary/aromatic N) is 1. The van der Waals surface area contributed by atoms with Crippen molar-refractivity contribution in [2.24, 2.45) is 11.8 Å². The molecule has 1 heterocycles. The van der Waals surface area contributed by atoms with Gasteiger partial charge in [-0.05, 0) is 61.4 Å². The molecule has 172 valence electrons. The highest BCUT2D eigenvalue weighted by atomic mass is 16.2. The van der Waals surface area contributed by atoms with Gasteiger partial charge in [-0.2, -0.15) is 5.26 Å². The highest BCUT2D eigenvalue weighted by Crippen LogP contribution is 2.49. The molecule has 1 amide bonds. The SMILES string of the molecule is N#Cc1cccc(C2(C(C(=O)NC3CCCCC3)C3CCCCC3)Nc3ccccc3N2)c1. The quantitative estimate of drug-likeness (QED) is 0.539. The fraction of sp³-hybridized carbons (Fsp3) is 0.500. The minimum Gasteiger partial charge on any atom is -0.357 e. The first-order valence-electron chi connectivity index (χ1n) is 12.7. The molecule has 1 aliphatic heterocycles. The fourth-order valence-electron chi connectivity index (χ4n) is 6.24. The van der Waals surface area contributed by atoms with E-state index < -0.39 is 5.66 Å². The van der Waals surface area contributed by atoms with Crippen LogP contribution in [0.2, 0.25) is 0 Å². The van der Waals surface area contributed by atoms with Crippen LogP contribution in [0.3, 0.4) is 0 Å². The Morgan fingerprint density at radius 3 is 2.18 bits per heavy atom. The maximum atomic E-state index is 14.1. The van der Waals surface area contributed by atoms with Crippen LogP contribution in [0, 0.1) is 23.2 Å². The van der Waals surface area contributed by atoms with Crippen molar-refractivity contribution in [3.05, 3.63) is 59.7 Å². The molecule has 33 heavy (non-hydrogen) atoms. The number of benzene rings is 2. The molecule has 2 aromatic carbocycles. The van der Waals surface area contributed by atoms with Crippen LogP contribution < -0.4 is 16.0 Å². The number of para-hydroxylation sites is 2. The highest BCUT2D eigenvalue weighted by molar-refractivity contribution is 5.86. The summed E-state index contributed by atoms with van der Waals surface area (Å²) in [7, 11) is 0. The molecule has 3 N–H and O–H groups in total. The van der Waals surface area contributed by atoms with Crippen LogP contribution in [0.15, 0.2) is 48.5 Å². The van der Waals surface area contributed by atoms with E-state index in [1.54, 1.807) is 0 Å². The fourth-order valence-corrected chi connectivity index (χ4v) is 6.24. The van der Waals surface area contributed by atoms with Crippen molar-refractivity contribution < 1.29 is 4.79 Å². The Hall–Kier alpha value is -3.00. The number of carbonyl (C=O) groups excluding carboxylic acids is 1. The van der Waals surface area contributed by atoms with Crippen LogP contribution in [0.4, 0.5) is 11.4 Å². The van der Waals surface area contributed by atoms with E-state index in [9.17, 15) is 10.1 Å². The average molecular weight is 443 g/mol. The standard InChI is InChI=1S/C28H34N4O/c29-19-20-10-9-13-22(18-20)28(31-24-16-7-8-17-25(24)32-28)26(21-11-3-1-4-12-21)27(33)30-23-14-5-2-6-15-23/h7-10,13,16-18,21,23,26,31-32H,1-6,11-12,14-15H2,(H,30,33). The van der Waals surface area contributed by atoms with Gasteiger partial charge in [0.25, 0.3) is 0 Å². The summed E-state index contributed by atoms with van der Waals surface area (Å²) in [5.74, 6) is 0.146. The van der Waals surface area contributed by atoms with Crippen LogP contribution in [-0.4, -0.2) is 11.9 Å². The van der Waals surface area contributed by atoms with Gasteiger partial charge in [-0.3, -0.25) is 4.79 Å². The second-order valence-electron chi connectivity index (χ2n) is 10.0. The lowest BCUT2D eigenvalue weighted by Gasteiger charge is -2.44. The maximum absolute atomic E-state index is 14.1. The summed E-state index contributed by atoms with van der Waals surface area (Å²) in [6.07, 6.45) is 11.5. The van der Waals surface area contributed by atoms with Gasteiger partial charge >= 0.3 is 0 Å². The lowest BCUT2D eigenvalue weighted by atomic mass is 9.70. The first-order valence-corrected chi connectivity index (χ1v) is 12.7. The molecule has 2 fully saturated rings. The van der Waals surface area contributed by atoms with Crippen molar-refractivity contribution in [3.63, 3.8) is 0 Å². The van der Waals surface area contributed by atoms with E-state index in [1.165, 1.54) is 38.5 Å². The third-order valence-electron chi connectivity index (χ3n) is 7.86. The lowest BCUT2D eigenvalue weighted by Crippen LogP contribution is -2.56. The molecule has 0 bridgehead atoms. The number of anilines is 2. The van der Waals surface area contributed by atoms with E-state index in [2.05, 4.69) is 40.2 Å². The van der Waals surface area contributed by atoms with Gasteiger partial charge in [-0.1, -0.05) is 62.8 Å². The van der Waals surface area contributed by atoms with Crippen molar-refractivity contribution in [1.82, 2.24) is 5.32 Å². The van der Waals surface area contributed by atoms with E-state index in [0.717, 1.165) is 42.6 Å². The number of carbonyl (C=O) groups is 1. The highest BCUT2D eigenvalue weighted by Gasteiger charge is 2.52. The van der Waals surface area contributed by atoms with Crippen LogP contribution in [0.25, 0.3) is 0 Å². The topological polar surface area (TPSA) is 77.0 Å². The Balaban J connectivity index is 1.58. The van der Waals surface area contributed by atoms with Crippen molar-refractivity contribution in [2.75, 3.05) is 10.6 Å². The zero-order valence-electron chi connectivity index (χ0n) is 19.3. The molecule has 2 aliphatic carbocycles. The lowest BCUT2D eigenvalue weighted by molar-refractivity contribution is -0.130. The predicted molar refractivity (Wildman–Crippen MR) is 132 cm³/mol. The van der Waals surface area contributed by atoms with Crippen molar-refractivity contribution in [1.29, 1.82) is 5.26 Å². The number of hydrogen-bond donors (Lipinski definition) is 3. The average Bonchev–Trinajstić information content (AvgIpc) is 3.26. The Morgan fingerprint density at radius 2 is 1.55 bits per heavy atom. The van der Waals surface area contributed by atoms with E-state index in [0.29, 0.717) is 5.56 Å². The second-order valence-corrected chi connectivity index (χ2v) is 10.0. The van der Waals surface area contributed by atoms with Gasteiger partial charge in [0.1, 0.15) is 5.66 Å². The second kappa shape index (κ2) is 9.47. The third kappa shape index (κ3) is 4.31. The maximum Gasteiger partial charge on any atom is 0.228 e. The van der Waals surface area contributed by atoms with Gasteiger partial charge in [0.2, 0.25) is 5.91 Å². The van der Waals surface area contributed by atoms with Crippen molar-refractivity contribution in [2.45, 2.75) is 75.9 Å². The first-order chi connectivity index (χ1) is 16.2. The van der Waals surface area contributed by atoms with Crippen molar-refractivity contribution >= 4 is 17.3 Å². The summed E-state index contributed by atoms with van der Waals surface area (Å²) in [4.78, 5) is 14.1. The number of nitrogens with one attached hydrogen (secondary N) is 3. The number of amides is 1. The normalized spacial score (nSPS) is 21.2. The molecule has 5 nitrogen and oxygen atoms in total. The molecule has 0 saturated heterocycles. The van der Waals surface area contributed by atoms with E-state index in [-0.39, 0.29) is 23.8 Å². The summed E-state index contributed by atoms with van der Waals surface area (Å²) in [5.41, 5.74) is 2.79. The molecule has 1 atom stereocenters. The van der Waals surface area contributed by atoms with Gasteiger partial charge < -0.3 is 16.0 Å².